The van der Waals surface area contributed by atoms with Crippen molar-refractivity contribution in [3.63, 3.8) is 0 Å². The maximum Gasteiger partial charge on any atom is 0.308 e. The van der Waals surface area contributed by atoms with Crippen LogP contribution in [-0.2, 0) is 16.1 Å². The van der Waals surface area contributed by atoms with E-state index in [2.05, 4.69) is 5.32 Å². The number of nitrogens with one attached hydrogen (secondary N) is 1. The molecule has 0 aromatic carbocycles. The number of hydrogen-bond donors (Lipinski definition) is 1. The highest BCUT2D eigenvalue weighted by Gasteiger charge is 2.28. The Balaban J connectivity index is 1.99. The van der Waals surface area contributed by atoms with Crippen LogP contribution in [0.1, 0.15) is 39.5 Å². The topological polar surface area (TPSA) is 60.3 Å². The number of anilines is 1. The third-order valence-corrected chi connectivity index (χ3v) is 3.99. The molecule has 0 aliphatic heterocycles. The first kappa shape index (κ1) is 15.6. The highest BCUT2D eigenvalue weighted by Crippen LogP contribution is 2.27. The quantitative estimate of drug-likeness (QED) is 0.847. The molecule has 1 aromatic heterocycles. The summed E-state index contributed by atoms with van der Waals surface area (Å²) in [5.41, 5.74) is 0.946. The van der Waals surface area contributed by atoms with Crippen LogP contribution in [0, 0.1) is 5.92 Å². The van der Waals surface area contributed by atoms with E-state index < -0.39 is 0 Å². The largest absolute Gasteiger partial charge is 0.466 e. The second kappa shape index (κ2) is 7.29. The molecule has 0 radical (unpaired) electrons. The minimum atomic E-state index is -0.0810. The molecule has 5 heteroatoms. The van der Waals surface area contributed by atoms with E-state index in [1.165, 1.54) is 0 Å². The SMILES string of the molecule is CCOC(=O)C1CCCC(Nc2ccc(=O)n(CC)c2)C1. The van der Waals surface area contributed by atoms with E-state index in [4.69, 9.17) is 4.74 Å². The first-order chi connectivity index (χ1) is 10.1. The van der Waals surface area contributed by atoms with Crippen molar-refractivity contribution < 1.29 is 9.53 Å². The Labute approximate surface area is 125 Å². The van der Waals surface area contributed by atoms with Crippen molar-refractivity contribution in [1.29, 1.82) is 0 Å². The molecule has 21 heavy (non-hydrogen) atoms. The monoisotopic (exact) mass is 292 g/mol. The Bertz CT molecular complexity index is 539. The fraction of sp³-hybridized carbons (Fsp3) is 0.625. The Morgan fingerprint density at radius 1 is 1.38 bits per heavy atom. The van der Waals surface area contributed by atoms with Crippen molar-refractivity contribution in [1.82, 2.24) is 4.57 Å². The third kappa shape index (κ3) is 4.09. The van der Waals surface area contributed by atoms with Crippen LogP contribution < -0.4 is 10.9 Å². The van der Waals surface area contributed by atoms with Gasteiger partial charge in [0.15, 0.2) is 0 Å². The molecule has 0 bridgehead atoms. The van der Waals surface area contributed by atoms with Crippen molar-refractivity contribution in [2.45, 2.75) is 52.1 Å². The van der Waals surface area contributed by atoms with E-state index in [0.29, 0.717) is 13.2 Å². The van der Waals surface area contributed by atoms with Crippen molar-refractivity contribution in [2.24, 2.45) is 5.92 Å². The summed E-state index contributed by atoms with van der Waals surface area (Å²) < 4.78 is 6.79. The zero-order valence-electron chi connectivity index (χ0n) is 12.8. The number of pyridine rings is 1. The highest BCUT2D eigenvalue weighted by molar-refractivity contribution is 5.72. The van der Waals surface area contributed by atoms with Crippen LogP contribution in [0.3, 0.4) is 0 Å². The molecule has 1 heterocycles. The molecular weight excluding hydrogens is 268 g/mol. The Kier molecular flexibility index (Phi) is 5.42. The lowest BCUT2D eigenvalue weighted by molar-refractivity contribution is -0.149. The van der Waals surface area contributed by atoms with Crippen molar-refractivity contribution in [2.75, 3.05) is 11.9 Å². The van der Waals surface area contributed by atoms with Gasteiger partial charge >= 0.3 is 5.97 Å². The number of rotatable bonds is 5. The normalized spacial score (nSPS) is 21.8. The van der Waals surface area contributed by atoms with Gasteiger partial charge in [-0.05, 0) is 39.2 Å². The average molecular weight is 292 g/mol. The van der Waals surface area contributed by atoms with Gasteiger partial charge in [0.25, 0.3) is 5.56 Å². The zero-order valence-corrected chi connectivity index (χ0v) is 12.8. The zero-order chi connectivity index (χ0) is 15.2. The average Bonchev–Trinajstić information content (AvgIpc) is 2.50. The van der Waals surface area contributed by atoms with Gasteiger partial charge in [-0.1, -0.05) is 6.42 Å². The van der Waals surface area contributed by atoms with Gasteiger partial charge in [0.2, 0.25) is 0 Å². The fourth-order valence-electron chi connectivity index (χ4n) is 2.89. The number of nitrogens with zero attached hydrogens (tertiary/aromatic N) is 1. The highest BCUT2D eigenvalue weighted by atomic mass is 16.5. The summed E-state index contributed by atoms with van der Waals surface area (Å²) in [4.78, 5) is 23.4. The van der Waals surface area contributed by atoms with Crippen LogP contribution >= 0.6 is 0 Å². The lowest BCUT2D eigenvalue weighted by Gasteiger charge is -2.29. The summed E-state index contributed by atoms with van der Waals surface area (Å²) in [6, 6.07) is 3.65. The van der Waals surface area contributed by atoms with Gasteiger partial charge in [-0.15, -0.1) is 0 Å². The number of aromatic nitrogens is 1. The maximum atomic E-state index is 11.8. The summed E-state index contributed by atoms with van der Waals surface area (Å²) in [6.45, 7) is 4.88. The maximum absolute atomic E-state index is 11.8. The molecule has 1 fully saturated rings. The van der Waals surface area contributed by atoms with Crippen LogP contribution in [0.5, 0.6) is 0 Å². The van der Waals surface area contributed by atoms with Crippen LogP contribution in [0.2, 0.25) is 0 Å². The van der Waals surface area contributed by atoms with Gasteiger partial charge in [0.1, 0.15) is 0 Å². The minimum Gasteiger partial charge on any atom is -0.466 e. The van der Waals surface area contributed by atoms with Gasteiger partial charge in [0.05, 0.1) is 18.2 Å². The number of carbonyl (C=O) groups is 1. The first-order valence-corrected chi connectivity index (χ1v) is 7.77. The molecule has 1 aliphatic rings. The molecule has 5 nitrogen and oxygen atoms in total. The second-order valence-corrected chi connectivity index (χ2v) is 5.50. The van der Waals surface area contributed by atoms with Gasteiger partial charge in [0, 0.05) is 24.8 Å². The summed E-state index contributed by atoms with van der Waals surface area (Å²) in [7, 11) is 0. The molecular formula is C16H24N2O3. The van der Waals surface area contributed by atoms with E-state index >= 15 is 0 Å². The number of carbonyl (C=O) groups excluding carboxylic acids is 1. The Hall–Kier alpha value is -1.78. The molecule has 116 valence electrons. The predicted octanol–water partition coefficient (Wildman–Crippen LogP) is 2.40. The second-order valence-electron chi connectivity index (χ2n) is 5.50. The summed E-state index contributed by atoms with van der Waals surface area (Å²) in [5.74, 6) is -0.0872. The minimum absolute atomic E-state index is 0.00622. The van der Waals surface area contributed by atoms with Crippen molar-refractivity contribution in [3.8, 4) is 0 Å². The molecule has 1 aromatic rings. The number of aryl methyl sites for hydroxylation is 1. The number of hydrogen-bond acceptors (Lipinski definition) is 4. The molecule has 2 atom stereocenters. The standard InChI is InChI=1S/C16H24N2O3/c1-3-18-11-14(8-9-15(18)19)17-13-7-5-6-12(10-13)16(20)21-4-2/h8-9,11-13,17H,3-7,10H2,1-2H3. The van der Waals surface area contributed by atoms with E-state index in [9.17, 15) is 9.59 Å². The van der Waals surface area contributed by atoms with Crippen LogP contribution in [0.25, 0.3) is 0 Å². The van der Waals surface area contributed by atoms with E-state index in [-0.39, 0.29) is 23.5 Å². The van der Waals surface area contributed by atoms with Gasteiger partial charge in [-0.3, -0.25) is 9.59 Å². The smallest absolute Gasteiger partial charge is 0.308 e. The summed E-state index contributed by atoms with van der Waals surface area (Å²) in [6.07, 6.45) is 5.61. The summed E-state index contributed by atoms with van der Waals surface area (Å²) in [5, 5.41) is 3.44. The molecule has 1 N–H and O–H groups in total. The molecule has 0 saturated heterocycles. The molecule has 2 unspecified atom stereocenters. The van der Waals surface area contributed by atoms with Crippen molar-refractivity contribution in [3.05, 3.63) is 28.7 Å². The van der Waals surface area contributed by atoms with Gasteiger partial charge < -0.3 is 14.6 Å². The lowest BCUT2D eigenvalue weighted by Crippen LogP contribution is -2.32. The number of esters is 1. The molecule has 2 rings (SSSR count). The van der Waals surface area contributed by atoms with Gasteiger partial charge in [-0.25, -0.2) is 0 Å². The Morgan fingerprint density at radius 3 is 2.90 bits per heavy atom. The molecule has 0 amide bonds. The first-order valence-electron chi connectivity index (χ1n) is 7.77. The number of ether oxygens (including phenoxy) is 1. The van der Waals surface area contributed by atoms with Gasteiger partial charge in [-0.2, -0.15) is 0 Å². The summed E-state index contributed by atoms with van der Waals surface area (Å²) >= 11 is 0. The van der Waals surface area contributed by atoms with Crippen LogP contribution in [0.4, 0.5) is 5.69 Å². The van der Waals surface area contributed by atoms with E-state index in [0.717, 1.165) is 31.4 Å². The fourth-order valence-corrected chi connectivity index (χ4v) is 2.89. The van der Waals surface area contributed by atoms with E-state index in [1.54, 1.807) is 10.6 Å². The molecule has 1 saturated carbocycles. The van der Waals surface area contributed by atoms with Crippen LogP contribution in [-0.4, -0.2) is 23.2 Å². The lowest BCUT2D eigenvalue weighted by atomic mass is 9.85. The van der Waals surface area contributed by atoms with Crippen LogP contribution in [0.15, 0.2) is 23.1 Å². The molecule has 0 spiro atoms. The third-order valence-electron chi connectivity index (χ3n) is 3.99. The van der Waals surface area contributed by atoms with E-state index in [1.807, 2.05) is 26.1 Å². The molecule has 1 aliphatic carbocycles. The predicted molar refractivity (Wildman–Crippen MR) is 82.4 cm³/mol. The Morgan fingerprint density at radius 2 is 2.19 bits per heavy atom. The van der Waals surface area contributed by atoms with Crippen molar-refractivity contribution >= 4 is 11.7 Å².